The molecule has 1 atom stereocenters. The Morgan fingerprint density at radius 1 is 1.17 bits per heavy atom. The number of halogens is 1. The first kappa shape index (κ1) is 17.2. The molecule has 23 heavy (non-hydrogen) atoms. The number of carbonyl (C=O) groups is 2. The normalized spacial score (nSPS) is 11.6. The Labute approximate surface area is 144 Å². The Morgan fingerprint density at radius 3 is 2.61 bits per heavy atom. The van der Waals surface area contributed by atoms with Crippen LogP contribution in [0.3, 0.4) is 0 Å². The Morgan fingerprint density at radius 2 is 1.91 bits per heavy atom. The van der Waals surface area contributed by atoms with Gasteiger partial charge in [-0.25, -0.2) is 0 Å². The van der Waals surface area contributed by atoms with Gasteiger partial charge in [0, 0.05) is 10.0 Å². The largest absolute Gasteiger partial charge is 0.484 e. The molecule has 0 aliphatic carbocycles. The van der Waals surface area contributed by atoms with E-state index in [4.69, 9.17) is 4.74 Å². The minimum Gasteiger partial charge on any atom is -0.484 e. The second-order valence-electron chi connectivity index (χ2n) is 5.18. The fourth-order valence-corrected chi connectivity index (χ4v) is 2.77. The van der Waals surface area contributed by atoms with Crippen LogP contribution in [0.4, 0.5) is 0 Å². The van der Waals surface area contributed by atoms with Crippen molar-refractivity contribution in [2.75, 3.05) is 6.61 Å². The third-order valence-electron chi connectivity index (χ3n) is 3.36. The van der Waals surface area contributed by atoms with E-state index in [2.05, 4.69) is 21.2 Å². The second-order valence-corrected chi connectivity index (χ2v) is 6.04. The molecule has 5 heteroatoms. The first-order valence-electron chi connectivity index (χ1n) is 7.25. The van der Waals surface area contributed by atoms with E-state index in [9.17, 15) is 9.59 Å². The number of nitrogens with one attached hydrogen (secondary N) is 1. The summed E-state index contributed by atoms with van der Waals surface area (Å²) >= 11 is 3.47. The topological polar surface area (TPSA) is 55.4 Å². The van der Waals surface area contributed by atoms with Gasteiger partial charge in [-0.2, -0.15) is 0 Å². The lowest BCUT2D eigenvalue weighted by Gasteiger charge is -2.16. The van der Waals surface area contributed by atoms with Crippen molar-refractivity contribution in [3.8, 4) is 5.75 Å². The number of ketones is 1. The van der Waals surface area contributed by atoms with Crippen LogP contribution in [0.15, 0.2) is 53.0 Å². The van der Waals surface area contributed by atoms with Crippen molar-refractivity contribution >= 4 is 27.6 Å². The van der Waals surface area contributed by atoms with Crippen molar-refractivity contribution in [3.05, 3.63) is 64.1 Å². The summed E-state index contributed by atoms with van der Waals surface area (Å²) in [4.78, 5) is 23.3. The van der Waals surface area contributed by atoms with E-state index < -0.39 is 0 Å². The zero-order valence-corrected chi connectivity index (χ0v) is 14.6. The van der Waals surface area contributed by atoms with Crippen LogP contribution < -0.4 is 10.1 Å². The standard InChI is InChI=1S/C18H18BrNO3/c1-12(16-8-3-4-9-17(16)19)20-18(22)11-23-15-7-5-6-14(10-15)13(2)21/h3-10,12H,11H2,1-2H3,(H,20,22)/t12-/m0/s1. The van der Waals surface area contributed by atoms with Crippen LogP contribution in [-0.2, 0) is 4.79 Å². The molecule has 0 saturated carbocycles. The summed E-state index contributed by atoms with van der Waals surface area (Å²) in [5.74, 6) is 0.241. The summed E-state index contributed by atoms with van der Waals surface area (Å²) in [6.07, 6.45) is 0. The maximum Gasteiger partial charge on any atom is 0.258 e. The van der Waals surface area contributed by atoms with Crippen molar-refractivity contribution in [2.24, 2.45) is 0 Å². The summed E-state index contributed by atoms with van der Waals surface area (Å²) < 4.78 is 6.40. The molecule has 4 nitrogen and oxygen atoms in total. The Kier molecular flexibility index (Phi) is 5.93. The molecule has 0 aliphatic rings. The summed E-state index contributed by atoms with van der Waals surface area (Å²) in [7, 11) is 0. The third kappa shape index (κ3) is 4.93. The zero-order chi connectivity index (χ0) is 16.8. The lowest BCUT2D eigenvalue weighted by atomic mass is 10.1. The quantitative estimate of drug-likeness (QED) is 0.778. The Bertz CT molecular complexity index is 715. The van der Waals surface area contributed by atoms with Gasteiger partial charge in [0.15, 0.2) is 12.4 Å². The van der Waals surface area contributed by atoms with Gasteiger partial charge in [0.2, 0.25) is 0 Å². The Hall–Kier alpha value is -2.14. The highest BCUT2D eigenvalue weighted by atomic mass is 79.9. The number of carbonyl (C=O) groups excluding carboxylic acids is 2. The molecule has 0 unspecified atom stereocenters. The van der Waals surface area contributed by atoms with E-state index in [1.54, 1.807) is 24.3 Å². The molecule has 0 heterocycles. The van der Waals surface area contributed by atoms with E-state index in [-0.39, 0.29) is 24.3 Å². The van der Waals surface area contributed by atoms with Gasteiger partial charge < -0.3 is 10.1 Å². The molecule has 0 saturated heterocycles. The van der Waals surface area contributed by atoms with Crippen molar-refractivity contribution < 1.29 is 14.3 Å². The monoisotopic (exact) mass is 375 g/mol. The maximum absolute atomic E-state index is 12.0. The molecular weight excluding hydrogens is 358 g/mol. The summed E-state index contributed by atoms with van der Waals surface area (Å²) in [6.45, 7) is 3.30. The minimum atomic E-state index is -0.221. The molecule has 1 N–H and O–H groups in total. The van der Waals surface area contributed by atoms with Crippen LogP contribution in [0.25, 0.3) is 0 Å². The van der Waals surface area contributed by atoms with Gasteiger partial charge in [-0.1, -0.05) is 46.3 Å². The number of rotatable bonds is 6. The summed E-state index contributed by atoms with van der Waals surface area (Å²) in [5, 5.41) is 2.88. The van der Waals surface area contributed by atoms with Crippen molar-refractivity contribution in [1.82, 2.24) is 5.32 Å². The molecular formula is C18H18BrNO3. The number of benzene rings is 2. The van der Waals surface area contributed by atoms with Gasteiger partial charge in [0.1, 0.15) is 5.75 Å². The molecule has 0 bridgehead atoms. The van der Waals surface area contributed by atoms with E-state index in [0.717, 1.165) is 10.0 Å². The Balaban J connectivity index is 1.91. The highest BCUT2D eigenvalue weighted by molar-refractivity contribution is 9.10. The molecule has 2 aromatic carbocycles. The van der Waals surface area contributed by atoms with Crippen LogP contribution in [-0.4, -0.2) is 18.3 Å². The predicted molar refractivity (Wildman–Crippen MR) is 92.6 cm³/mol. The van der Waals surface area contributed by atoms with Crippen LogP contribution in [0.5, 0.6) is 5.75 Å². The first-order chi connectivity index (χ1) is 11.0. The van der Waals surface area contributed by atoms with E-state index >= 15 is 0 Å². The molecule has 0 aromatic heterocycles. The van der Waals surface area contributed by atoms with Crippen LogP contribution in [0, 0.1) is 0 Å². The molecule has 0 fully saturated rings. The van der Waals surface area contributed by atoms with Crippen molar-refractivity contribution in [1.29, 1.82) is 0 Å². The summed E-state index contributed by atoms with van der Waals surface area (Å²) in [6, 6.07) is 14.4. The van der Waals surface area contributed by atoms with E-state index in [1.807, 2.05) is 31.2 Å². The molecule has 120 valence electrons. The predicted octanol–water partition coefficient (Wildman–Crippen LogP) is 3.91. The van der Waals surface area contributed by atoms with Gasteiger partial charge in [-0.15, -0.1) is 0 Å². The third-order valence-corrected chi connectivity index (χ3v) is 4.08. The zero-order valence-electron chi connectivity index (χ0n) is 13.0. The van der Waals surface area contributed by atoms with E-state index in [0.29, 0.717) is 11.3 Å². The molecule has 2 rings (SSSR count). The van der Waals surface area contributed by atoms with Gasteiger partial charge in [0.25, 0.3) is 5.91 Å². The number of ether oxygens (including phenoxy) is 1. The smallest absolute Gasteiger partial charge is 0.258 e. The average Bonchev–Trinajstić information content (AvgIpc) is 2.53. The molecule has 1 amide bonds. The minimum absolute atomic E-state index is 0.0394. The number of hydrogen-bond acceptors (Lipinski definition) is 3. The van der Waals surface area contributed by atoms with Crippen LogP contribution in [0.1, 0.15) is 35.8 Å². The molecule has 0 aliphatic heterocycles. The van der Waals surface area contributed by atoms with Gasteiger partial charge in [0.05, 0.1) is 6.04 Å². The fourth-order valence-electron chi connectivity index (χ4n) is 2.14. The van der Waals surface area contributed by atoms with Crippen molar-refractivity contribution in [3.63, 3.8) is 0 Å². The maximum atomic E-state index is 12.0. The van der Waals surface area contributed by atoms with Gasteiger partial charge in [-0.05, 0) is 37.6 Å². The first-order valence-corrected chi connectivity index (χ1v) is 8.04. The number of amides is 1. The number of Topliss-reactive ketones (excluding diaryl/α,β-unsaturated/α-hetero) is 1. The van der Waals surface area contributed by atoms with Crippen LogP contribution in [0.2, 0.25) is 0 Å². The van der Waals surface area contributed by atoms with Crippen molar-refractivity contribution in [2.45, 2.75) is 19.9 Å². The second kappa shape index (κ2) is 7.92. The SMILES string of the molecule is CC(=O)c1cccc(OCC(=O)N[C@@H](C)c2ccccc2Br)c1. The van der Waals surface area contributed by atoms with Gasteiger partial charge >= 0.3 is 0 Å². The average molecular weight is 376 g/mol. The highest BCUT2D eigenvalue weighted by Crippen LogP contribution is 2.22. The lowest BCUT2D eigenvalue weighted by Crippen LogP contribution is -2.31. The lowest BCUT2D eigenvalue weighted by molar-refractivity contribution is -0.123. The van der Waals surface area contributed by atoms with Gasteiger partial charge in [-0.3, -0.25) is 9.59 Å². The highest BCUT2D eigenvalue weighted by Gasteiger charge is 2.12. The molecule has 2 aromatic rings. The molecule has 0 radical (unpaired) electrons. The fraction of sp³-hybridized carbons (Fsp3) is 0.222. The van der Waals surface area contributed by atoms with Crippen LogP contribution >= 0.6 is 15.9 Å². The molecule has 0 spiro atoms. The summed E-state index contributed by atoms with van der Waals surface area (Å²) in [5.41, 5.74) is 1.56. The van der Waals surface area contributed by atoms with E-state index in [1.165, 1.54) is 6.92 Å². The number of hydrogen-bond donors (Lipinski definition) is 1.